The molecule has 5 nitrogen and oxygen atoms in total. The molecule has 1 N–H and O–H groups in total. The van der Waals surface area contributed by atoms with Crippen LogP contribution in [0.5, 0.6) is 0 Å². The van der Waals surface area contributed by atoms with Gasteiger partial charge in [0.25, 0.3) is 8.32 Å². The smallest absolute Gasteiger partial charge is 0.406 e. The lowest BCUT2D eigenvalue weighted by atomic mass is 9.80. The fraction of sp³-hybridized carbons (Fsp3) is 0.571. The first-order valence-electron chi connectivity index (χ1n) is 12.8. The van der Waals surface area contributed by atoms with Crippen molar-refractivity contribution in [1.82, 2.24) is 4.72 Å². The van der Waals surface area contributed by atoms with Gasteiger partial charge < -0.3 is 13.7 Å². The van der Waals surface area contributed by atoms with Crippen LogP contribution < -0.4 is 15.1 Å². The topological polar surface area (TPSA) is 56.8 Å². The Kier molecular flexibility index (Phi) is 8.51. The summed E-state index contributed by atoms with van der Waals surface area (Å²) in [7, 11) is -4.71. The van der Waals surface area contributed by atoms with Gasteiger partial charge in [0.2, 0.25) is 0 Å². The van der Waals surface area contributed by atoms with Crippen LogP contribution >= 0.6 is 0 Å². The van der Waals surface area contributed by atoms with E-state index in [1.807, 2.05) is 60.6 Å². The molecule has 1 heterocycles. The van der Waals surface area contributed by atoms with Crippen LogP contribution in [0.3, 0.4) is 0 Å². The predicted molar refractivity (Wildman–Crippen MR) is 154 cm³/mol. The lowest BCUT2D eigenvalue weighted by Crippen LogP contribution is -2.68. The molecular formula is C28H44BNO4SSi. The van der Waals surface area contributed by atoms with Crippen molar-refractivity contribution in [2.24, 2.45) is 0 Å². The van der Waals surface area contributed by atoms with E-state index in [1.165, 1.54) is 10.4 Å². The Morgan fingerprint density at radius 1 is 0.861 bits per heavy atom. The molecule has 0 bridgehead atoms. The average Bonchev–Trinajstić information content (AvgIpc) is 2.99. The van der Waals surface area contributed by atoms with E-state index in [1.54, 1.807) is 0 Å². The fourth-order valence-electron chi connectivity index (χ4n) is 4.51. The van der Waals surface area contributed by atoms with Gasteiger partial charge in [-0.25, -0.2) is 8.93 Å². The summed E-state index contributed by atoms with van der Waals surface area (Å²) in [5, 5.41) is 2.24. The molecule has 0 aromatic heterocycles. The Bertz CT molecular complexity index is 980. The lowest BCUT2D eigenvalue weighted by molar-refractivity contribution is 0.00578. The van der Waals surface area contributed by atoms with Gasteiger partial charge in [-0.3, -0.25) is 0 Å². The summed E-state index contributed by atoms with van der Waals surface area (Å²) in [5.74, 6) is -0.423. The van der Waals surface area contributed by atoms with Gasteiger partial charge in [0.1, 0.15) is 0 Å². The Morgan fingerprint density at radius 3 is 1.64 bits per heavy atom. The van der Waals surface area contributed by atoms with Crippen LogP contribution in [0.1, 0.15) is 69.2 Å². The number of benzene rings is 2. The molecule has 1 fully saturated rings. The van der Waals surface area contributed by atoms with Crippen molar-refractivity contribution in [3.8, 4) is 0 Å². The summed E-state index contributed by atoms with van der Waals surface area (Å²) >= 11 is 0. The van der Waals surface area contributed by atoms with Gasteiger partial charge in [-0.05, 0) is 63.9 Å². The molecule has 2 aromatic carbocycles. The van der Waals surface area contributed by atoms with Gasteiger partial charge in [-0.15, -0.1) is 0 Å². The molecule has 0 spiro atoms. The minimum atomic E-state index is -2.78. The van der Waals surface area contributed by atoms with E-state index in [9.17, 15) is 4.21 Å². The summed E-state index contributed by atoms with van der Waals surface area (Å²) in [5.41, 5.74) is -1.00. The van der Waals surface area contributed by atoms with Crippen LogP contribution in [0.2, 0.25) is 5.04 Å². The molecule has 0 amide bonds. The number of nitrogens with one attached hydrogen (secondary N) is 1. The molecule has 2 aromatic rings. The molecule has 198 valence electrons. The van der Waals surface area contributed by atoms with Crippen molar-refractivity contribution in [3.05, 3.63) is 60.7 Å². The highest BCUT2D eigenvalue weighted by Crippen LogP contribution is 2.39. The minimum Gasteiger partial charge on any atom is -0.406 e. The minimum absolute atomic E-state index is 0.167. The molecule has 1 saturated heterocycles. The van der Waals surface area contributed by atoms with Crippen LogP contribution in [0.4, 0.5) is 0 Å². The van der Waals surface area contributed by atoms with Crippen molar-refractivity contribution in [2.75, 3.05) is 6.61 Å². The summed E-state index contributed by atoms with van der Waals surface area (Å²) in [6.07, 6.45) is 0. The lowest BCUT2D eigenvalue weighted by Gasteiger charge is -2.44. The third-order valence-electron chi connectivity index (χ3n) is 7.31. The third kappa shape index (κ3) is 5.89. The largest absolute Gasteiger partial charge is 0.479 e. The molecule has 0 radical (unpaired) electrons. The van der Waals surface area contributed by atoms with Crippen LogP contribution in [0.15, 0.2) is 60.7 Å². The average molecular weight is 530 g/mol. The molecule has 8 heteroatoms. The van der Waals surface area contributed by atoms with E-state index in [4.69, 9.17) is 13.7 Å². The summed E-state index contributed by atoms with van der Waals surface area (Å²) in [6, 6.07) is 21.1. The van der Waals surface area contributed by atoms with Crippen LogP contribution in [-0.2, 0) is 24.7 Å². The third-order valence-corrected chi connectivity index (χ3v) is 13.9. The molecule has 1 aliphatic rings. The Balaban J connectivity index is 2.06. The molecular weight excluding hydrogens is 485 g/mol. The van der Waals surface area contributed by atoms with Gasteiger partial charge in [-0.1, -0.05) is 81.4 Å². The van der Waals surface area contributed by atoms with Crippen molar-refractivity contribution in [1.29, 1.82) is 0 Å². The van der Waals surface area contributed by atoms with E-state index in [0.29, 0.717) is 6.61 Å². The van der Waals surface area contributed by atoms with E-state index < -0.39 is 48.3 Å². The zero-order valence-corrected chi connectivity index (χ0v) is 25.5. The van der Waals surface area contributed by atoms with E-state index in [2.05, 4.69) is 74.0 Å². The van der Waals surface area contributed by atoms with E-state index in [0.717, 1.165) is 0 Å². The SMILES string of the molecule is CC(C)(C)[S@@](=O)N[C@@H](CO[Si](c1ccccc1)(c1ccccc1)C(C)(C)C)B1OC(C)(C)C(C)(C)O1. The standard InChI is InChI=1S/C28H44BNO4SSi/c1-25(2,3)35(31)30-24(29-33-27(7,8)28(9,10)34-29)21-32-36(26(4,5)6,22-17-13-11-14-18-22)23-19-15-12-16-20-23/h11-20,24,30H,21H2,1-10H3/t24-,35+/m0/s1. The number of rotatable bonds is 8. The highest BCUT2D eigenvalue weighted by molar-refractivity contribution is 7.84. The van der Waals surface area contributed by atoms with E-state index >= 15 is 0 Å². The molecule has 2 atom stereocenters. The van der Waals surface area contributed by atoms with Crippen LogP contribution in [-0.4, -0.2) is 48.1 Å². The summed E-state index contributed by atoms with van der Waals surface area (Å²) < 4.78 is 36.1. The zero-order chi connectivity index (χ0) is 27.0. The Morgan fingerprint density at radius 2 is 1.28 bits per heavy atom. The van der Waals surface area contributed by atoms with Crippen LogP contribution in [0.25, 0.3) is 0 Å². The molecule has 36 heavy (non-hydrogen) atoms. The predicted octanol–water partition coefficient (Wildman–Crippen LogP) is 4.61. The molecule has 3 rings (SSSR count). The zero-order valence-electron chi connectivity index (χ0n) is 23.7. The maximum atomic E-state index is 13.3. The first-order chi connectivity index (χ1) is 16.5. The van der Waals surface area contributed by atoms with Crippen molar-refractivity contribution in [3.63, 3.8) is 0 Å². The maximum Gasteiger partial charge on any atom is 0.479 e. The summed E-state index contributed by atoms with van der Waals surface area (Å²) in [4.78, 5) is 0. The first-order valence-corrected chi connectivity index (χ1v) is 15.9. The normalized spacial score (nSPS) is 19.8. The molecule has 1 aliphatic heterocycles. The first kappa shape index (κ1) is 29.3. The Hall–Kier alpha value is -1.29. The second-order valence-electron chi connectivity index (χ2n) is 12.7. The second kappa shape index (κ2) is 10.5. The van der Waals surface area contributed by atoms with Gasteiger partial charge >= 0.3 is 7.12 Å². The van der Waals surface area contributed by atoms with Gasteiger partial charge in [0, 0.05) is 6.61 Å². The second-order valence-corrected chi connectivity index (χ2v) is 19.0. The van der Waals surface area contributed by atoms with Gasteiger partial charge in [-0.2, -0.15) is 0 Å². The summed E-state index contributed by atoms with van der Waals surface area (Å²) in [6.45, 7) is 21.1. The van der Waals surface area contributed by atoms with Crippen molar-refractivity contribution in [2.45, 2.75) is 96.2 Å². The quantitative estimate of drug-likeness (QED) is 0.508. The van der Waals surface area contributed by atoms with Crippen LogP contribution in [0, 0.1) is 0 Å². The molecule has 0 saturated carbocycles. The highest BCUT2D eigenvalue weighted by atomic mass is 32.2. The monoisotopic (exact) mass is 529 g/mol. The van der Waals surface area contributed by atoms with Crippen molar-refractivity contribution < 1.29 is 17.9 Å². The highest BCUT2D eigenvalue weighted by Gasteiger charge is 2.56. The van der Waals surface area contributed by atoms with E-state index in [-0.39, 0.29) is 5.04 Å². The molecule has 0 aliphatic carbocycles. The van der Waals surface area contributed by atoms with Crippen molar-refractivity contribution >= 4 is 36.8 Å². The van der Waals surface area contributed by atoms with Gasteiger partial charge in [0.15, 0.2) is 0 Å². The molecule has 0 unspecified atom stereocenters. The van der Waals surface area contributed by atoms with Gasteiger partial charge in [0.05, 0.1) is 32.9 Å². The fourth-order valence-corrected chi connectivity index (χ4v) is 9.90. The maximum absolute atomic E-state index is 13.3. The Labute approximate surface area is 222 Å². The number of hydrogen-bond acceptors (Lipinski definition) is 4. The number of hydrogen-bond donors (Lipinski definition) is 1.